The molecule has 1 fully saturated rings. The molecule has 1 aliphatic carbocycles. The number of aryl methyl sites for hydroxylation is 1. The van der Waals surface area contributed by atoms with E-state index in [0.717, 1.165) is 30.3 Å². The highest BCUT2D eigenvalue weighted by Crippen LogP contribution is 2.19. The second-order valence-electron chi connectivity index (χ2n) is 7.93. The van der Waals surface area contributed by atoms with E-state index in [1.165, 1.54) is 30.7 Å². The van der Waals surface area contributed by atoms with Gasteiger partial charge in [-0.15, -0.1) is 0 Å². The highest BCUT2D eigenvalue weighted by atomic mass is 35.5. The molecule has 2 heterocycles. The molecular formula is C22H24ClN5O3. The number of halogens is 1. The van der Waals surface area contributed by atoms with Crippen molar-refractivity contribution in [2.45, 2.75) is 51.1 Å². The lowest BCUT2D eigenvalue weighted by atomic mass is 10.1. The van der Waals surface area contributed by atoms with Crippen molar-refractivity contribution in [3.05, 3.63) is 56.3 Å². The summed E-state index contributed by atoms with van der Waals surface area (Å²) in [5.74, 6) is 0.0478. The van der Waals surface area contributed by atoms with Crippen LogP contribution >= 0.6 is 11.6 Å². The van der Waals surface area contributed by atoms with E-state index in [2.05, 4.69) is 15.3 Å². The van der Waals surface area contributed by atoms with E-state index in [9.17, 15) is 14.4 Å². The normalized spacial score (nSPS) is 15.0. The Bertz CT molecular complexity index is 1220. The molecule has 3 aromatic rings. The Morgan fingerprint density at radius 2 is 1.81 bits per heavy atom. The van der Waals surface area contributed by atoms with Crippen LogP contribution in [0.1, 0.15) is 38.5 Å². The lowest BCUT2D eigenvalue weighted by molar-refractivity contribution is -0.122. The van der Waals surface area contributed by atoms with Gasteiger partial charge in [-0.3, -0.25) is 18.7 Å². The summed E-state index contributed by atoms with van der Waals surface area (Å²) in [4.78, 5) is 47.0. The maximum absolute atomic E-state index is 12.9. The van der Waals surface area contributed by atoms with Crippen molar-refractivity contribution in [3.63, 3.8) is 0 Å². The standard InChI is InChI=1S/C22H24ClN5O3/c1-27-20-17(12-24-19(26-20)14-8-10-15(23)11-9-14)21(30)28(22(27)31)13-18(29)25-16-6-4-2-3-5-7-16/h8-12,16H,2-7,13H2,1H3,(H,25,29). The van der Waals surface area contributed by atoms with Crippen LogP contribution in [0.15, 0.2) is 40.1 Å². The average molecular weight is 442 g/mol. The monoisotopic (exact) mass is 441 g/mol. The summed E-state index contributed by atoms with van der Waals surface area (Å²) in [6.07, 6.45) is 7.76. The third kappa shape index (κ3) is 4.54. The van der Waals surface area contributed by atoms with E-state index in [1.54, 1.807) is 24.3 Å². The molecule has 4 rings (SSSR count). The Morgan fingerprint density at radius 3 is 2.48 bits per heavy atom. The minimum Gasteiger partial charge on any atom is -0.352 e. The lowest BCUT2D eigenvalue weighted by Gasteiger charge is -2.17. The topological polar surface area (TPSA) is 98.9 Å². The molecule has 162 valence electrons. The third-order valence-corrected chi connectivity index (χ3v) is 5.96. The van der Waals surface area contributed by atoms with Crippen molar-refractivity contribution in [1.29, 1.82) is 0 Å². The van der Waals surface area contributed by atoms with E-state index in [-0.39, 0.29) is 29.5 Å². The summed E-state index contributed by atoms with van der Waals surface area (Å²) in [6, 6.07) is 7.06. The first-order chi connectivity index (χ1) is 14.9. The maximum Gasteiger partial charge on any atom is 0.332 e. The summed E-state index contributed by atoms with van der Waals surface area (Å²) >= 11 is 5.93. The number of benzene rings is 1. The molecule has 31 heavy (non-hydrogen) atoms. The first kappa shape index (κ1) is 21.2. The van der Waals surface area contributed by atoms with Crippen LogP contribution in [-0.4, -0.2) is 31.1 Å². The van der Waals surface area contributed by atoms with Gasteiger partial charge in [-0.2, -0.15) is 0 Å². The molecule has 1 saturated carbocycles. The molecular weight excluding hydrogens is 418 g/mol. The van der Waals surface area contributed by atoms with Crippen molar-refractivity contribution >= 4 is 28.5 Å². The Balaban J connectivity index is 1.65. The zero-order chi connectivity index (χ0) is 22.0. The molecule has 0 unspecified atom stereocenters. The van der Waals surface area contributed by atoms with E-state index in [0.29, 0.717) is 16.4 Å². The number of fused-ring (bicyclic) bond motifs is 1. The molecule has 9 heteroatoms. The number of nitrogens with one attached hydrogen (secondary N) is 1. The Kier molecular flexibility index (Phi) is 6.18. The van der Waals surface area contributed by atoms with Gasteiger partial charge in [-0.1, -0.05) is 37.3 Å². The maximum atomic E-state index is 12.9. The van der Waals surface area contributed by atoms with Crippen LogP contribution in [0.4, 0.5) is 0 Å². The van der Waals surface area contributed by atoms with E-state index >= 15 is 0 Å². The molecule has 1 amide bonds. The second kappa shape index (κ2) is 9.01. The van der Waals surface area contributed by atoms with Crippen LogP contribution < -0.4 is 16.6 Å². The molecule has 1 aromatic carbocycles. The number of hydrogen-bond donors (Lipinski definition) is 1. The number of rotatable bonds is 4. The van der Waals surface area contributed by atoms with E-state index in [4.69, 9.17) is 11.6 Å². The Labute approximate surface area is 183 Å². The summed E-state index contributed by atoms with van der Waals surface area (Å²) in [5, 5.41) is 3.74. The summed E-state index contributed by atoms with van der Waals surface area (Å²) in [5.41, 5.74) is -0.230. The van der Waals surface area contributed by atoms with Crippen molar-refractivity contribution in [3.8, 4) is 11.4 Å². The largest absolute Gasteiger partial charge is 0.352 e. The number of nitrogens with zero attached hydrogens (tertiary/aromatic N) is 4. The van der Waals surface area contributed by atoms with Gasteiger partial charge in [0.1, 0.15) is 11.9 Å². The molecule has 1 aliphatic rings. The molecule has 8 nitrogen and oxygen atoms in total. The van der Waals surface area contributed by atoms with Crippen LogP contribution in [0.2, 0.25) is 5.02 Å². The summed E-state index contributed by atoms with van der Waals surface area (Å²) < 4.78 is 2.22. The number of hydrogen-bond acceptors (Lipinski definition) is 5. The van der Waals surface area contributed by atoms with Crippen LogP contribution in [0, 0.1) is 0 Å². The highest BCUT2D eigenvalue weighted by molar-refractivity contribution is 6.30. The number of amides is 1. The van der Waals surface area contributed by atoms with Crippen molar-refractivity contribution in [1.82, 2.24) is 24.4 Å². The zero-order valence-corrected chi connectivity index (χ0v) is 18.1. The number of carbonyl (C=O) groups is 1. The van der Waals surface area contributed by atoms with Gasteiger partial charge in [0.2, 0.25) is 5.91 Å². The molecule has 0 radical (unpaired) electrons. The zero-order valence-electron chi connectivity index (χ0n) is 17.3. The van der Waals surface area contributed by atoms with Gasteiger partial charge in [0.25, 0.3) is 5.56 Å². The van der Waals surface area contributed by atoms with Crippen LogP contribution in [0.3, 0.4) is 0 Å². The minimum absolute atomic E-state index is 0.0975. The molecule has 2 aromatic heterocycles. The minimum atomic E-state index is -0.589. The summed E-state index contributed by atoms with van der Waals surface area (Å²) in [7, 11) is 1.53. The van der Waals surface area contributed by atoms with Crippen LogP contribution in [-0.2, 0) is 18.4 Å². The van der Waals surface area contributed by atoms with Gasteiger partial charge < -0.3 is 5.32 Å². The van der Waals surface area contributed by atoms with Gasteiger partial charge in [0.15, 0.2) is 11.5 Å². The highest BCUT2D eigenvalue weighted by Gasteiger charge is 2.19. The molecule has 0 spiro atoms. The fourth-order valence-corrected chi connectivity index (χ4v) is 4.13. The van der Waals surface area contributed by atoms with Gasteiger partial charge in [0.05, 0.1) is 0 Å². The van der Waals surface area contributed by atoms with Crippen molar-refractivity contribution in [2.24, 2.45) is 7.05 Å². The van der Waals surface area contributed by atoms with Crippen LogP contribution in [0.25, 0.3) is 22.4 Å². The fourth-order valence-electron chi connectivity index (χ4n) is 4.00. The fraction of sp³-hybridized carbons (Fsp3) is 0.409. The predicted molar refractivity (Wildman–Crippen MR) is 119 cm³/mol. The number of carbonyl (C=O) groups excluding carboxylic acids is 1. The summed E-state index contributed by atoms with van der Waals surface area (Å²) in [6.45, 7) is -0.323. The number of aromatic nitrogens is 4. The van der Waals surface area contributed by atoms with Crippen molar-refractivity contribution in [2.75, 3.05) is 0 Å². The van der Waals surface area contributed by atoms with Gasteiger partial charge >= 0.3 is 5.69 Å². The van der Waals surface area contributed by atoms with Gasteiger partial charge in [0, 0.05) is 29.9 Å². The second-order valence-corrected chi connectivity index (χ2v) is 8.36. The van der Waals surface area contributed by atoms with Gasteiger partial charge in [-0.05, 0) is 37.1 Å². The molecule has 0 aliphatic heterocycles. The van der Waals surface area contributed by atoms with Crippen molar-refractivity contribution < 1.29 is 4.79 Å². The average Bonchev–Trinajstić information content (AvgIpc) is 3.04. The molecule has 1 N–H and O–H groups in total. The van der Waals surface area contributed by atoms with Gasteiger partial charge in [-0.25, -0.2) is 14.8 Å². The third-order valence-electron chi connectivity index (χ3n) is 5.70. The predicted octanol–water partition coefficient (Wildman–Crippen LogP) is 2.65. The lowest BCUT2D eigenvalue weighted by Crippen LogP contribution is -2.45. The quantitative estimate of drug-likeness (QED) is 0.627. The first-order valence-corrected chi connectivity index (χ1v) is 10.8. The SMILES string of the molecule is Cn1c(=O)n(CC(=O)NC2CCCCCC2)c(=O)c2cnc(-c3ccc(Cl)cc3)nc21. The van der Waals surface area contributed by atoms with E-state index < -0.39 is 11.2 Å². The first-order valence-electron chi connectivity index (χ1n) is 10.5. The smallest absolute Gasteiger partial charge is 0.332 e. The molecule has 0 saturated heterocycles. The Hall–Kier alpha value is -3.00. The molecule has 0 atom stereocenters. The Morgan fingerprint density at radius 1 is 1.13 bits per heavy atom. The van der Waals surface area contributed by atoms with Crippen LogP contribution in [0.5, 0.6) is 0 Å². The molecule has 0 bridgehead atoms. The van der Waals surface area contributed by atoms with E-state index in [1.807, 2.05) is 0 Å².